The molecule has 518 valence electrons. The SMILES string of the molecule is CC/C=C\C/C=C\C/C=C\C/C=C\C/C=C\C/C=C\C/C=C\C/C=C\C/C=C\C/C=C\C/C=C\CCCCCCCCCC(=O)NC(COC1OC(CO)C(O)C(O)C1O)C(O)/C=C/CC/C=C/CCCCCCCCCCCCCCCCCCCCCCC. The van der Waals surface area contributed by atoms with Gasteiger partial charge >= 0.3 is 0 Å². The Morgan fingerprint density at radius 1 is 0.385 bits per heavy atom. The zero-order chi connectivity index (χ0) is 65.7. The molecule has 0 radical (unpaired) electrons. The van der Waals surface area contributed by atoms with Crippen LogP contribution in [-0.2, 0) is 14.3 Å². The topological polar surface area (TPSA) is 149 Å². The van der Waals surface area contributed by atoms with Crippen LogP contribution < -0.4 is 5.32 Å². The van der Waals surface area contributed by atoms with Crippen molar-refractivity contribution in [2.24, 2.45) is 0 Å². The summed E-state index contributed by atoms with van der Waals surface area (Å²) in [5, 5.41) is 54.8. The van der Waals surface area contributed by atoms with E-state index in [0.717, 1.165) is 122 Å². The number of aliphatic hydroxyl groups is 5. The van der Waals surface area contributed by atoms with E-state index in [0.29, 0.717) is 6.42 Å². The van der Waals surface area contributed by atoms with E-state index in [1.165, 1.54) is 154 Å². The van der Waals surface area contributed by atoms with Crippen molar-refractivity contribution in [3.05, 3.63) is 158 Å². The first-order chi connectivity index (χ1) is 44.8. The van der Waals surface area contributed by atoms with Crippen molar-refractivity contribution >= 4 is 5.91 Å². The third-order valence-corrected chi connectivity index (χ3v) is 16.6. The van der Waals surface area contributed by atoms with E-state index in [9.17, 15) is 30.3 Å². The third-order valence-electron chi connectivity index (χ3n) is 16.6. The van der Waals surface area contributed by atoms with Crippen molar-refractivity contribution in [2.45, 2.75) is 339 Å². The number of ether oxygens (including phenoxy) is 2. The molecular weight excluding hydrogens is 1130 g/mol. The fourth-order valence-electron chi connectivity index (χ4n) is 10.8. The number of nitrogens with one attached hydrogen (secondary N) is 1. The van der Waals surface area contributed by atoms with Crippen LogP contribution in [0.25, 0.3) is 0 Å². The van der Waals surface area contributed by atoms with Crippen LogP contribution in [-0.4, -0.2) is 87.5 Å². The highest BCUT2D eigenvalue weighted by atomic mass is 16.7. The number of rotatable bonds is 63. The summed E-state index contributed by atoms with van der Waals surface area (Å²) < 4.78 is 11.3. The highest BCUT2D eigenvalue weighted by Crippen LogP contribution is 2.23. The molecule has 0 aromatic heterocycles. The Morgan fingerprint density at radius 3 is 1.05 bits per heavy atom. The van der Waals surface area contributed by atoms with Crippen LogP contribution in [0, 0.1) is 0 Å². The lowest BCUT2D eigenvalue weighted by Gasteiger charge is -2.40. The summed E-state index contributed by atoms with van der Waals surface area (Å²) in [6, 6.07) is -0.841. The molecule has 7 unspecified atom stereocenters. The Hall–Kier alpha value is -4.19. The Bertz CT molecular complexity index is 2000. The van der Waals surface area contributed by atoms with Gasteiger partial charge in [0.2, 0.25) is 5.91 Å². The van der Waals surface area contributed by atoms with Gasteiger partial charge in [0, 0.05) is 6.42 Å². The molecule has 91 heavy (non-hydrogen) atoms. The van der Waals surface area contributed by atoms with E-state index in [1.54, 1.807) is 6.08 Å². The summed E-state index contributed by atoms with van der Waals surface area (Å²) in [5.41, 5.74) is 0. The van der Waals surface area contributed by atoms with E-state index >= 15 is 0 Å². The lowest BCUT2D eigenvalue weighted by Crippen LogP contribution is -2.60. The average molecular weight is 1260 g/mol. The highest BCUT2D eigenvalue weighted by Gasteiger charge is 2.44. The van der Waals surface area contributed by atoms with Crippen LogP contribution >= 0.6 is 0 Å². The molecule has 1 fully saturated rings. The Kier molecular flexibility index (Phi) is 64.0. The molecule has 0 aliphatic carbocycles. The largest absolute Gasteiger partial charge is 0.394 e. The first-order valence-corrected chi connectivity index (χ1v) is 37.2. The summed E-state index contributed by atoms with van der Waals surface area (Å²) in [6.45, 7) is 3.66. The van der Waals surface area contributed by atoms with Crippen molar-refractivity contribution in [3.8, 4) is 0 Å². The number of hydrogen-bond acceptors (Lipinski definition) is 8. The van der Waals surface area contributed by atoms with Gasteiger partial charge in [-0.25, -0.2) is 0 Å². The maximum Gasteiger partial charge on any atom is 0.220 e. The second-order valence-corrected chi connectivity index (χ2v) is 25.0. The van der Waals surface area contributed by atoms with Gasteiger partial charge in [0.05, 0.1) is 25.4 Å². The number of aliphatic hydroxyl groups excluding tert-OH is 5. The summed E-state index contributed by atoms with van der Waals surface area (Å²) in [5.74, 6) is -0.202. The number of amides is 1. The van der Waals surface area contributed by atoms with E-state index in [2.05, 4.69) is 165 Å². The minimum atomic E-state index is -1.58. The normalized spacial score (nSPS) is 18.7. The molecule has 1 aliphatic rings. The van der Waals surface area contributed by atoms with Gasteiger partial charge in [-0.15, -0.1) is 0 Å². The molecule has 1 saturated heterocycles. The van der Waals surface area contributed by atoms with Crippen LogP contribution in [0.4, 0.5) is 0 Å². The van der Waals surface area contributed by atoms with Crippen LogP contribution in [0.1, 0.15) is 296 Å². The first-order valence-electron chi connectivity index (χ1n) is 37.2. The van der Waals surface area contributed by atoms with Crippen LogP contribution in [0.5, 0.6) is 0 Å². The molecule has 0 spiro atoms. The number of allylic oxidation sites excluding steroid dienone is 25. The molecule has 1 aliphatic heterocycles. The molecule has 9 heteroatoms. The summed E-state index contributed by atoms with van der Waals surface area (Å²) >= 11 is 0. The molecule has 6 N–H and O–H groups in total. The standard InChI is InChI=1S/C82H137NO8/c1-3-5-7-9-11-13-15-17-19-21-23-25-27-29-31-32-33-34-35-36-37-38-39-40-41-42-43-44-46-48-50-52-54-56-58-60-62-64-66-68-70-72-78(86)83-75(74-90-82-81(89)80(88)79(87)77(73-84)91-82)76(85)71-69-67-65-63-61-59-57-55-53-51-49-47-45-30-28-26-24-22-20-18-16-14-12-10-8-6-4-2/h5,7,11,13,17,19,23,25,29,31,33-34,36-37,39-40,42-43,46,48,52,54,61,63,69,71,75-77,79-82,84-85,87-89H,3-4,6,8-10,12,14-16,18,20-22,24,26-28,30,32,35,38,41,44-45,47,49-51,53,55-60,62,64-68,70,72-74H2,1-2H3,(H,83,86)/b7-5-,13-11-,19-17-,25-23-,31-29-,34-33-,37-36-,40-39-,43-42-,48-46-,54-52-,63-61+,71-69+. The molecule has 0 saturated carbocycles. The van der Waals surface area contributed by atoms with Gasteiger partial charge in [0.15, 0.2) is 6.29 Å². The average Bonchev–Trinajstić information content (AvgIpc) is 1.58. The minimum Gasteiger partial charge on any atom is -0.394 e. The Balaban J connectivity index is 2.17. The van der Waals surface area contributed by atoms with Gasteiger partial charge in [-0.2, -0.15) is 0 Å². The lowest BCUT2D eigenvalue weighted by molar-refractivity contribution is -0.302. The van der Waals surface area contributed by atoms with E-state index in [-0.39, 0.29) is 12.5 Å². The van der Waals surface area contributed by atoms with E-state index < -0.39 is 49.5 Å². The number of unbranched alkanes of at least 4 members (excludes halogenated alkanes) is 29. The first kappa shape index (κ1) is 84.8. The smallest absolute Gasteiger partial charge is 0.220 e. The monoisotopic (exact) mass is 1260 g/mol. The minimum absolute atomic E-state index is 0.202. The molecule has 9 nitrogen and oxygen atoms in total. The highest BCUT2D eigenvalue weighted by molar-refractivity contribution is 5.76. The molecule has 0 aromatic carbocycles. The Labute approximate surface area is 558 Å². The molecule has 1 rings (SSSR count). The fraction of sp³-hybridized carbons (Fsp3) is 0.671. The summed E-state index contributed by atoms with van der Waals surface area (Å²) in [6.07, 6.45) is 101. The van der Waals surface area contributed by atoms with Crippen molar-refractivity contribution in [3.63, 3.8) is 0 Å². The van der Waals surface area contributed by atoms with E-state index in [4.69, 9.17) is 9.47 Å². The predicted octanol–water partition coefficient (Wildman–Crippen LogP) is 21.1. The summed E-state index contributed by atoms with van der Waals surface area (Å²) in [4.78, 5) is 13.1. The second kappa shape index (κ2) is 68.7. The van der Waals surface area contributed by atoms with Crippen LogP contribution in [0.15, 0.2) is 158 Å². The summed E-state index contributed by atoms with van der Waals surface area (Å²) in [7, 11) is 0. The molecule has 0 aromatic rings. The molecular formula is C82H137NO8. The molecule has 1 heterocycles. The van der Waals surface area contributed by atoms with Gasteiger partial charge in [-0.1, -0.05) is 332 Å². The lowest BCUT2D eigenvalue weighted by atomic mass is 9.99. The molecule has 7 atom stereocenters. The van der Waals surface area contributed by atoms with Gasteiger partial charge in [-0.3, -0.25) is 4.79 Å². The van der Waals surface area contributed by atoms with E-state index in [1.807, 2.05) is 6.08 Å². The van der Waals surface area contributed by atoms with Crippen molar-refractivity contribution in [2.75, 3.05) is 13.2 Å². The molecule has 1 amide bonds. The van der Waals surface area contributed by atoms with Crippen LogP contribution in [0.3, 0.4) is 0 Å². The van der Waals surface area contributed by atoms with Gasteiger partial charge in [-0.05, 0) is 116 Å². The maximum atomic E-state index is 13.1. The number of carbonyl (C=O) groups excluding carboxylic acids is 1. The van der Waals surface area contributed by atoms with Gasteiger partial charge in [0.1, 0.15) is 24.4 Å². The predicted molar refractivity (Wildman–Crippen MR) is 391 cm³/mol. The zero-order valence-electron chi connectivity index (χ0n) is 58.0. The Morgan fingerprint density at radius 2 is 0.692 bits per heavy atom. The fourth-order valence-corrected chi connectivity index (χ4v) is 10.8. The van der Waals surface area contributed by atoms with Gasteiger partial charge < -0.3 is 40.3 Å². The van der Waals surface area contributed by atoms with Crippen LogP contribution in [0.2, 0.25) is 0 Å². The van der Waals surface area contributed by atoms with Crippen molar-refractivity contribution in [1.29, 1.82) is 0 Å². The number of carbonyl (C=O) groups is 1. The quantitative estimate of drug-likeness (QED) is 0.0261. The maximum absolute atomic E-state index is 13.1. The zero-order valence-corrected chi connectivity index (χ0v) is 58.0. The van der Waals surface area contributed by atoms with Crippen molar-refractivity contribution < 1.29 is 39.8 Å². The van der Waals surface area contributed by atoms with Crippen molar-refractivity contribution in [1.82, 2.24) is 5.32 Å². The third kappa shape index (κ3) is 57.0. The second-order valence-electron chi connectivity index (χ2n) is 25.0. The van der Waals surface area contributed by atoms with Gasteiger partial charge in [0.25, 0.3) is 0 Å². The number of hydrogen-bond donors (Lipinski definition) is 6. The molecule has 0 bridgehead atoms.